The summed E-state index contributed by atoms with van der Waals surface area (Å²) >= 11 is 0. The lowest BCUT2D eigenvalue weighted by molar-refractivity contribution is -0.149. The summed E-state index contributed by atoms with van der Waals surface area (Å²) in [4.78, 5) is 15.6. The highest BCUT2D eigenvalue weighted by molar-refractivity contribution is 5.72. The van der Waals surface area contributed by atoms with Crippen molar-refractivity contribution in [3.8, 4) is 0 Å². The minimum atomic E-state index is 0.0750. The summed E-state index contributed by atoms with van der Waals surface area (Å²) in [5, 5.41) is 3.41. The van der Waals surface area contributed by atoms with Crippen LogP contribution in [0.1, 0.15) is 312 Å². The van der Waals surface area contributed by atoms with Gasteiger partial charge in [-0.2, -0.15) is 0 Å². The van der Waals surface area contributed by atoms with E-state index in [1.807, 2.05) is 0 Å². The van der Waals surface area contributed by atoms with Gasteiger partial charge < -0.3 is 15.0 Å². The molecule has 0 heterocycles. The van der Waals surface area contributed by atoms with Gasteiger partial charge in [-0.05, 0) is 96.6 Å². The highest BCUT2D eigenvalue weighted by atomic mass is 16.5. The molecule has 0 aliphatic carbocycles. The van der Waals surface area contributed by atoms with Crippen molar-refractivity contribution in [1.82, 2.24) is 10.2 Å². The summed E-state index contributed by atoms with van der Waals surface area (Å²) in [5.74, 6) is 0.949. The molecule has 0 aliphatic heterocycles. The second kappa shape index (κ2) is 52.7. The van der Waals surface area contributed by atoms with Crippen LogP contribution in [0, 0.1) is 11.8 Å². The van der Waals surface area contributed by atoms with Crippen molar-refractivity contribution >= 4 is 5.97 Å². The van der Waals surface area contributed by atoms with Crippen LogP contribution in [0.3, 0.4) is 0 Å². The van der Waals surface area contributed by atoms with Gasteiger partial charge in [0.2, 0.25) is 0 Å². The third kappa shape index (κ3) is 42.1. The average Bonchev–Trinajstić information content (AvgIpc) is 3.29. The van der Waals surface area contributed by atoms with Gasteiger partial charge in [0, 0.05) is 18.3 Å². The van der Waals surface area contributed by atoms with Crippen LogP contribution in [0.15, 0.2) is 24.4 Å². The number of rotatable bonds is 50. The maximum absolute atomic E-state index is 12.8. The number of unbranched alkanes of at least 4 members (excludes halogenated alkanes) is 25. The summed E-state index contributed by atoms with van der Waals surface area (Å²) < 4.78 is 5.80. The molecule has 0 saturated carbocycles. The first-order valence-corrected chi connectivity index (χ1v) is 29.2. The number of hydrogen-bond donors (Lipinski definition) is 1. The minimum absolute atomic E-state index is 0.0750. The van der Waals surface area contributed by atoms with Gasteiger partial charge in [0.25, 0.3) is 0 Å². The summed E-state index contributed by atoms with van der Waals surface area (Å²) in [5.41, 5.74) is 2.95. The molecule has 0 aromatic carbocycles. The fourth-order valence-corrected chi connectivity index (χ4v) is 9.55. The van der Waals surface area contributed by atoms with Gasteiger partial charge in [0.15, 0.2) is 0 Å². The van der Waals surface area contributed by atoms with Crippen LogP contribution >= 0.6 is 0 Å². The summed E-state index contributed by atoms with van der Waals surface area (Å²) in [6, 6.07) is 0.638. The van der Waals surface area contributed by atoms with Crippen LogP contribution in [0.25, 0.3) is 0 Å². The molecule has 0 saturated heterocycles. The van der Waals surface area contributed by atoms with Crippen LogP contribution < -0.4 is 5.32 Å². The van der Waals surface area contributed by atoms with E-state index in [0.717, 1.165) is 57.5 Å². The van der Waals surface area contributed by atoms with Gasteiger partial charge in [0.05, 0.1) is 12.5 Å². The van der Waals surface area contributed by atoms with E-state index in [9.17, 15) is 4.79 Å². The Kier molecular flexibility index (Phi) is 53.3. The molecule has 0 spiro atoms. The smallest absolute Gasteiger partial charge is 0.308 e. The first kappa shape index (κ1) is 64.8. The lowest BCUT2D eigenvalue weighted by Gasteiger charge is -2.36. The molecule has 0 aliphatic rings. The molecule has 4 heteroatoms. The van der Waals surface area contributed by atoms with Crippen molar-refractivity contribution in [3.05, 3.63) is 24.4 Å². The van der Waals surface area contributed by atoms with Crippen LogP contribution in [-0.2, 0) is 9.53 Å². The largest absolute Gasteiger partial charge is 0.465 e. The molecule has 3 atom stereocenters. The quantitative estimate of drug-likeness (QED) is 0.0375. The minimum Gasteiger partial charge on any atom is -0.465 e. The van der Waals surface area contributed by atoms with Crippen molar-refractivity contribution in [1.29, 1.82) is 0 Å². The van der Waals surface area contributed by atoms with E-state index in [1.54, 1.807) is 0 Å². The Labute approximate surface area is 404 Å². The van der Waals surface area contributed by atoms with E-state index in [0.29, 0.717) is 12.6 Å². The standard InChI is InChI=1S/C57H112N2O2.C3H8/c1-9-14-18-21-30-35-43-53(7)59(50-41-49-58-8)56(47-38-31-26-23-22-25-29-34-42-52(6)54(13-5)45-36-19-15-10-2)48-39-32-27-24-28-33-40-51-61-57(60)55(44-17-12-4)46-37-20-16-11-3;1-3-2/h54-56,58H,6-7,9-51H2,1-5,8H3;3H2,1-2H3. The van der Waals surface area contributed by atoms with Crippen molar-refractivity contribution < 1.29 is 9.53 Å². The molecule has 0 rings (SSSR count). The Bertz CT molecular complexity index is 963. The van der Waals surface area contributed by atoms with Crippen molar-refractivity contribution in [2.45, 2.75) is 318 Å². The highest BCUT2D eigenvalue weighted by Crippen LogP contribution is 2.27. The third-order valence-electron chi connectivity index (χ3n) is 13.8. The summed E-state index contributed by atoms with van der Waals surface area (Å²) in [6.07, 6.45) is 52.8. The number of hydrogen-bond acceptors (Lipinski definition) is 4. The fraction of sp³-hybridized carbons (Fsp3) is 0.917. The normalized spacial score (nSPS) is 12.7. The van der Waals surface area contributed by atoms with Gasteiger partial charge in [0.1, 0.15) is 0 Å². The molecular weight excluding hydrogens is 781 g/mol. The Morgan fingerprint density at radius 1 is 0.469 bits per heavy atom. The Balaban J connectivity index is 0. The van der Waals surface area contributed by atoms with Gasteiger partial charge in [-0.15, -0.1) is 0 Å². The zero-order valence-electron chi connectivity index (χ0n) is 45.5. The van der Waals surface area contributed by atoms with E-state index < -0.39 is 0 Å². The summed E-state index contributed by atoms with van der Waals surface area (Å²) in [6.45, 7) is 27.8. The molecule has 1 N–H and O–H groups in total. The lowest BCUT2D eigenvalue weighted by atomic mass is 9.88. The van der Waals surface area contributed by atoms with E-state index in [4.69, 9.17) is 11.3 Å². The number of allylic oxidation sites excluding steroid dienone is 2. The molecule has 4 nitrogen and oxygen atoms in total. The number of ether oxygens (including phenoxy) is 1. The zero-order chi connectivity index (χ0) is 47.6. The molecule has 0 bridgehead atoms. The zero-order valence-corrected chi connectivity index (χ0v) is 45.5. The molecule has 0 fully saturated rings. The molecule has 382 valence electrons. The molecule has 0 aromatic heterocycles. The van der Waals surface area contributed by atoms with E-state index >= 15 is 0 Å². The first-order chi connectivity index (χ1) is 31.3. The average molecular weight is 902 g/mol. The molecule has 3 unspecified atom stereocenters. The van der Waals surface area contributed by atoms with Gasteiger partial charge in [-0.25, -0.2) is 0 Å². The predicted octanol–water partition coefficient (Wildman–Crippen LogP) is 19.8. The molecule has 0 aromatic rings. The maximum Gasteiger partial charge on any atom is 0.308 e. The number of carbonyl (C=O) groups is 1. The van der Waals surface area contributed by atoms with Crippen LogP contribution in [0.2, 0.25) is 0 Å². The Morgan fingerprint density at radius 3 is 1.34 bits per heavy atom. The number of nitrogens with zero attached hydrogens (tertiary/aromatic N) is 1. The Morgan fingerprint density at radius 2 is 0.859 bits per heavy atom. The monoisotopic (exact) mass is 901 g/mol. The van der Waals surface area contributed by atoms with Crippen LogP contribution in [0.5, 0.6) is 0 Å². The van der Waals surface area contributed by atoms with E-state index in [2.05, 4.69) is 72.3 Å². The van der Waals surface area contributed by atoms with Gasteiger partial charge in [-0.3, -0.25) is 4.79 Å². The second-order valence-corrected chi connectivity index (χ2v) is 20.2. The second-order valence-electron chi connectivity index (χ2n) is 20.2. The predicted molar refractivity (Wildman–Crippen MR) is 290 cm³/mol. The van der Waals surface area contributed by atoms with Gasteiger partial charge in [-0.1, -0.05) is 253 Å². The lowest BCUT2D eigenvalue weighted by Crippen LogP contribution is -2.36. The molecule has 0 amide bonds. The number of carbonyl (C=O) groups excluding carboxylic acids is 1. The van der Waals surface area contributed by atoms with Crippen LogP contribution in [-0.4, -0.2) is 43.7 Å². The van der Waals surface area contributed by atoms with Crippen molar-refractivity contribution in [2.24, 2.45) is 11.8 Å². The van der Waals surface area contributed by atoms with E-state index in [-0.39, 0.29) is 11.9 Å². The molecular formula is C60H120N2O2. The van der Waals surface area contributed by atoms with Gasteiger partial charge >= 0.3 is 5.97 Å². The first-order valence-electron chi connectivity index (χ1n) is 29.2. The third-order valence-corrected chi connectivity index (χ3v) is 13.8. The van der Waals surface area contributed by atoms with Crippen LogP contribution in [0.4, 0.5) is 0 Å². The SMILES string of the molecule is C=C(CCCCCCCCCCC(CCCCCCCCCOC(=O)C(CCCC)CCCCCC)N(CCCNC)C(=C)CCCCCCCC)C(CC)CCCCCC.CCC. The Hall–Kier alpha value is -1.29. The van der Waals surface area contributed by atoms with E-state index in [1.165, 1.54) is 236 Å². The maximum atomic E-state index is 12.8. The molecule has 64 heavy (non-hydrogen) atoms. The number of nitrogens with one attached hydrogen (secondary N) is 1. The summed E-state index contributed by atoms with van der Waals surface area (Å²) in [7, 11) is 2.09. The number of esters is 1. The highest BCUT2D eigenvalue weighted by Gasteiger charge is 2.20. The molecule has 0 radical (unpaired) electrons. The van der Waals surface area contributed by atoms with Crippen molar-refractivity contribution in [3.63, 3.8) is 0 Å². The van der Waals surface area contributed by atoms with Crippen molar-refractivity contribution in [2.75, 3.05) is 26.7 Å². The topological polar surface area (TPSA) is 41.6 Å². The fourth-order valence-electron chi connectivity index (χ4n) is 9.55.